The van der Waals surface area contributed by atoms with Crippen LogP contribution in [-0.4, -0.2) is 67.5 Å². The maximum absolute atomic E-state index is 13.6. The number of methoxy groups -OCH3 is 1. The number of amides is 2. The van der Waals surface area contributed by atoms with Gasteiger partial charge in [0.15, 0.2) is 5.82 Å². The molecule has 1 atom stereocenters. The van der Waals surface area contributed by atoms with E-state index in [9.17, 15) is 9.59 Å². The van der Waals surface area contributed by atoms with E-state index in [1.807, 2.05) is 41.4 Å². The number of fused-ring (bicyclic) bond motifs is 1. The lowest BCUT2D eigenvalue weighted by Gasteiger charge is -2.25. The minimum Gasteiger partial charge on any atom is -0.481 e. The van der Waals surface area contributed by atoms with Gasteiger partial charge in [-0.25, -0.2) is 15.0 Å². The Hall–Kier alpha value is -4.40. The number of benzene rings is 1. The first-order valence-electron chi connectivity index (χ1n) is 16.2. The number of imidazole rings is 1. The molecule has 0 bridgehead atoms. The predicted molar refractivity (Wildman–Crippen MR) is 193 cm³/mol. The van der Waals surface area contributed by atoms with Crippen LogP contribution in [0, 0.1) is 0 Å². The number of nitrogens with one attached hydrogen (secondary N) is 3. The molecule has 258 valence electrons. The number of carbonyl (C=O) groups is 2. The average molecular weight is 733 g/mol. The molecular formula is C35H35Cl2N9O3S. The normalized spacial score (nSPS) is 15.9. The summed E-state index contributed by atoms with van der Waals surface area (Å²) in [5.74, 6) is 0.504. The van der Waals surface area contributed by atoms with E-state index in [-0.39, 0.29) is 17.9 Å². The number of thiazole rings is 1. The van der Waals surface area contributed by atoms with E-state index in [4.69, 9.17) is 37.9 Å². The molecule has 0 spiro atoms. The highest BCUT2D eigenvalue weighted by Gasteiger charge is 2.27. The van der Waals surface area contributed by atoms with Crippen LogP contribution in [0.25, 0.3) is 22.5 Å². The predicted octanol–water partition coefficient (Wildman–Crippen LogP) is 5.49. The van der Waals surface area contributed by atoms with Crippen molar-refractivity contribution in [2.75, 3.05) is 25.5 Å². The zero-order valence-electron chi connectivity index (χ0n) is 27.5. The third-order valence-electron chi connectivity index (χ3n) is 8.97. The highest BCUT2D eigenvalue weighted by atomic mass is 35.5. The highest BCUT2D eigenvalue weighted by molar-refractivity contribution is 7.09. The van der Waals surface area contributed by atoms with Gasteiger partial charge >= 0.3 is 0 Å². The molecule has 0 aliphatic carbocycles. The lowest BCUT2D eigenvalue weighted by molar-refractivity contribution is -0.119. The van der Waals surface area contributed by atoms with Crippen LogP contribution in [0.2, 0.25) is 10.0 Å². The van der Waals surface area contributed by atoms with Gasteiger partial charge in [0.05, 0.1) is 46.5 Å². The Morgan fingerprint density at radius 1 is 1.08 bits per heavy atom. The number of ether oxygens (including phenoxy) is 1. The van der Waals surface area contributed by atoms with Gasteiger partial charge in [0, 0.05) is 92.3 Å². The number of carbonyl (C=O) groups excluding carboxylic acids is 2. The SMILES string of the molecule is COc1nc(-c2ccnc(-c3cccc(NC(=O)c4nc5c(n4C)CCN(Cc4nccs4)C5)c3Cl)c2Cl)ccc1CNC[C@H]1CCC(=O)N1. The van der Waals surface area contributed by atoms with Crippen molar-refractivity contribution in [3.63, 3.8) is 0 Å². The van der Waals surface area contributed by atoms with Gasteiger partial charge in [-0.05, 0) is 24.6 Å². The quantitative estimate of drug-likeness (QED) is 0.161. The van der Waals surface area contributed by atoms with Crippen LogP contribution in [0.1, 0.15) is 45.4 Å². The van der Waals surface area contributed by atoms with Crippen LogP contribution in [0.4, 0.5) is 5.69 Å². The summed E-state index contributed by atoms with van der Waals surface area (Å²) in [4.78, 5) is 45.8. The molecule has 7 rings (SSSR count). The molecule has 6 heterocycles. The average Bonchev–Trinajstić information content (AvgIpc) is 3.87. The second-order valence-corrected chi connectivity index (χ2v) is 14.0. The lowest BCUT2D eigenvalue weighted by atomic mass is 10.1. The molecule has 2 aliphatic heterocycles. The molecule has 4 aromatic heterocycles. The van der Waals surface area contributed by atoms with Crippen LogP contribution in [0.15, 0.2) is 54.2 Å². The zero-order valence-corrected chi connectivity index (χ0v) is 29.8. The fraction of sp³-hybridized carbons (Fsp3) is 0.314. The Bertz CT molecular complexity index is 2050. The van der Waals surface area contributed by atoms with E-state index in [1.54, 1.807) is 42.8 Å². The van der Waals surface area contributed by atoms with Gasteiger partial charge in [-0.3, -0.25) is 19.5 Å². The number of pyridine rings is 2. The Morgan fingerprint density at radius 3 is 2.74 bits per heavy atom. The van der Waals surface area contributed by atoms with Crippen molar-refractivity contribution in [3.8, 4) is 28.4 Å². The van der Waals surface area contributed by atoms with Crippen molar-refractivity contribution < 1.29 is 14.3 Å². The number of aromatic nitrogens is 5. The standard InChI is InChI=1S/C35H35Cl2N9O3S/c1-45-27-11-14-46(19-29-39-13-15-50-29)18-26(27)42-33(45)34(48)43-25-5-3-4-23(30(25)36)32-31(37)22(10-12-40-32)24-8-6-20(35(44-24)49-2)16-38-17-21-7-9-28(47)41-21/h3-6,8,10,12-13,15,21,38H,7,9,11,14,16-19H2,1-2H3,(H,41,47)(H,43,48)/t21-/m1/s1. The second-order valence-electron chi connectivity index (χ2n) is 12.2. The van der Waals surface area contributed by atoms with E-state index in [0.29, 0.717) is 76.0 Å². The number of hydrogen-bond donors (Lipinski definition) is 3. The minimum absolute atomic E-state index is 0.0881. The lowest BCUT2D eigenvalue weighted by Crippen LogP contribution is -2.35. The van der Waals surface area contributed by atoms with Crippen LogP contribution < -0.4 is 20.7 Å². The molecule has 1 saturated heterocycles. The number of hydrogen-bond acceptors (Lipinski definition) is 10. The van der Waals surface area contributed by atoms with Crippen LogP contribution in [0.3, 0.4) is 0 Å². The van der Waals surface area contributed by atoms with Crippen molar-refractivity contribution >= 4 is 52.0 Å². The molecule has 1 fully saturated rings. The summed E-state index contributed by atoms with van der Waals surface area (Å²) in [5, 5.41) is 13.0. The first-order chi connectivity index (χ1) is 24.3. The molecular weight excluding hydrogens is 697 g/mol. The summed E-state index contributed by atoms with van der Waals surface area (Å²) in [6, 6.07) is 11.1. The van der Waals surface area contributed by atoms with Crippen molar-refractivity contribution in [1.29, 1.82) is 0 Å². The maximum atomic E-state index is 13.6. The number of halogens is 2. The summed E-state index contributed by atoms with van der Waals surface area (Å²) in [6.07, 6.45) is 5.63. The number of nitrogens with zero attached hydrogens (tertiary/aromatic N) is 6. The summed E-state index contributed by atoms with van der Waals surface area (Å²) >= 11 is 15.5. The summed E-state index contributed by atoms with van der Waals surface area (Å²) in [5.41, 5.74) is 5.48. The van der Waals surface area contributed by atoms with Gasteiger partial charge in [0.25, 0.3) is 5.91 Å². The Balaban J connectivity index is 1.07. The Kier molecular flexibility index (Phi) is 10.1. The Morgan fingerprint density at radius 2 is 1.96 bits per heavy atom. The van der Waals surface area contributed by atoms with Crippen LogP contribution in [-0.2, 0) is 37.9 Å². The fourth-order valence-electron chi connectivity index (χ4n) is 6.40. The van der Waals surface area contributed by atoms with Gasteiger partial charge in [-0.2, -0.15) is 0 Å². The molecule has 2 aliphatic rings. The molecule has 12 nitrogen and oxygen atoms in total. The summed E-state index contributed by atoms with van der Waals surface area (Å²) in [6.45, 7) is 3.45. The molecule has 2 amide bonds. The first kappa shape index (κ1) is 34.1. The van der Waals surface area contributed by atoms with Gasteiger partial charge in [0.1, 0.15) is 5.01 Å². The third kappa shape index (κ3) is 7.10. The smallest absolute Gasteiger partial charge is 0.291 e. The van der Waals surface area contributed by atoms with E-state index in [1.165, 1.54) is 0 Å². The first-order valence-corrected chi connectivity index (χ1v) is 17.9. The largest absolute Gasteiger partial charge is 0.481 e. The Labute approximate surface area is 303 Å². The minimum atomic E-state index is -0.362. The van der Waals surface area contributed by atoms with Gasteiger partial charge in [-0.15, -0.1) is 11.3 Å². The van der Waals surface area contributed by atoms with E-state index >= 15 is 0 Å². The second kappa shape index (κ2) is 14.8. The van der Waals surface area contributed by atoms with E-state index in [2.05, 4.69) is 30.8 Å². The maximum Gasteiger partial charge on any atom is 0.291 e. The highest BCUT2D eigenvalue weighted by Crippen LogP contribution is 2.40. The van der Waals surface area contributed by atoms with E-state index in [0.717, 1.165) is 47.9 Å². The van der Waals surface area contributed by atoms with Gasteiger partial charge in [0.2, 0.25) is 11.8 Å². The molecule has 50 heavy (non-hydrogen) atoms. The van der Waals surface area contributed by atoms with Crippen LogP contribution in [0.5, 0.6) is 5.88 Å². The monoisotopic (exact) mass is 731 g/mol. The molecule has 15 heteroatoms. The number of rotatable bonds is 11. The summed E-state index contributed by atoms with van der Waals surface area (Å²) in [7, 11) is 3.44. The van der Waals surface area contributed by atoms with Crippen molar-refractivity contribution in [3.05, 3.63) is 92.0 Å². The van der Waals surface area contributed by atoms with Crippen molar-refractivity contribution in [1.82, 2.24) is 40.0 Å². The van der Waals surface area contributed by atoms with Gasteiger partial charge < -0.3 is 25.3 Å². The topological polar surface area (TPSA) is 139 Å². The zero-order chi connectivity index (χ0) is 34.8. The van der Waals surface area contributed by atoms with Gasteiger partial charge in [-0.1, -0.05) is 41.4 Å². The molecule has 5 aromatic rings. The molecule has 3 N–H and O–H groups in total. The molecule has 1 aromatic carbocycles. The molecule has 0 radical (unpaired) electrons. The fourth-order valence-corrected chi connectivity index (χ4v) is 7.63. The third-order valence-corrected chi connectivity index (χ3v) is 10.5. The van der Waals surface area contributed by atoms with Crippen LogP contribution >= 0.6 is 34.5 Å². The van der Waals surface area contributed by atoms with E-state index < -0.39 is 0 Å². The number of anilines is 1. The van der Waals surface area contributed by atoms with Crippen molar-refractivity contribution in [2.45, 2.75) is 44.9 Å². The summed E-state index contributed by atoms with van der Waals surface area (Å²) < 4.78 is 7.48. The van der Waals surface area contributed by atoms with Crippen molar-refractivity contribution in [2.24, 2.45) is 7.05 Å². The molecule has 0 saturated carbocycles. The molecule has 0 unspecified atom stereocenters.